The van der Waals surface area contributed by atoms with Crippen molar-refractivity contribution < 1.29 is 19.2 Å². The highest BCUT2D eigenvalue weighted by Crippen LogP contribution is 2.27. The number of methoxy groups -OCH3 is 1. The van der Waals surface area contributed by atoms with Crippen LogP contribution in [-0.2, 0) is 9.59 Å². The van der Waals surface area contributed by atoms with Gasteiger partial charge in [-0.05, 0) is 49.2 Å². The molecule has 0 fully saturated rings. The second-order valence-corrected chi connectivity index (χ2v) is 6.91. The molecule has 0 radical (unpaired) electrons. The monoisotopic (exact) mass is 390 g/mol. The van der Waals surface area contributed by atoms with E-state index in [2.05, 4.69) is 10.6 Å². The molecule has 0 saturated heterocycles. The highest BCUT2D eigenvalue weighted by molar-refractivity contribution is 6.32. The first-order chi connectivity index (χ1) is 12.8. The molecule has 0 aliphatic rings. The average molecular weight is 391 g/mol. The Morgan fingerprint density at radius 1 is 1.07 bits per heavy atom. The highest BCUT2D eigenvalue weighted by Gasteiger charge is 2.15. The molecule has 2 aromatic rings. The zero-order valence-corrected chi connectivity index (χ0v) is 16.7. The van der Waals surface area contributed by atoms with Gasteiger partial charge in [0.15, 0.2) is 13.1 Å². The van der Waals surface area contributed by atoms with E-state index in [9.17, 15) is 9.59 Å². The summed E-state index contributed by atoms with van der Waals surface area (Å²) in [4.78, 5) is 25.2. The normalized spacial score (nSPS) is 11.6. The van der Waals surface area contributed by atoms with Crippen LogP contribution in [0.5, 0.6) is 5.75 Å². The lowest BCUT2D eigenvalue weighted by atomic mass is 10.1. The minimum absolute atomic E-state index is 0.138. The summed E-state index contributed by atoms with van der Waals surface area (Å²) in [6.07, 6.45) is 0. The zero-order chi connectivity index (χ0) is 20.0. The lowest BCUT2D eigenvalue weighted by Crippen LogP contribution is -3.11. The summed E-state index contributed by atoms with van der Waals surface area (Å²) >= 11 is 6.05. The Morgan fingerprint density at radius 3 is 2.37 bits per heavy atom. The molecule has 0 heterocycles. The third kappa shape index (κ3) is 5.98. The molecule has 0 spiro atoms. The molecule has 3 N–H and O–H groups in total. The van der Waals surface area contributed by atoms with Crippen LogP contribution in [0, 0.1) is 13.8 Å². The summed E-state index contributed by atoms with van der Waals surface area (Å²) in [5.41, 5.74) is 3.53. The van der Waals surface area contributed by atoms with E-state index in [1.165, 1.54) is 7.11 Å². The van der Waals surface area contributed by atoms with Gasteiger partial charge in [-0.25, -0.2) is 0 Å². The Balaban J connectivity index is 1.86. The second-order valence-electron chi connectivity index (χ2n) is 6.50. The van der Waals surface area contributed by atoms with Crippen LogP contribution in [0.25, 0.3) is 0 Å². The predicted octanol–water partition coefficient (Wildman–Crippen LogP) is 2.06. The van der Waals surface area contributed by atoms with Crippen LogP contribution in [0.15, 0.2) is 36.4 Å². The van der Waals surface area contributed by atoms with Gasteiger partial charge in [-0.2, -0.15) is 0 Å². The van der Waals surface area contributed by atoms with Crippen molar-refractivity contribution in [2.45, 2.75) is 13.8 Å². The van der Waals surface area contributed by atoms with Gasteiger partial charge in [0.25, 0.3) is 11.8 Å². The van der Waals surface area contributed by atoms with Gasteiger partial charge in [-0.1, -0.05) is 23.7 Å². The third-order valence-corrected chi connectivity index (χ3v) is 4.53. The van der Waals surface area contributed by atoms with Crippen molar-refractivity contribution in [3.8, 4) is 5.75 Å². The summed E-state index contributed by atoms with van der Waals surface area (Å²) in [5.74, 6) is 0.204. The van der Waals surface area contributed by atoms with Crippen LogP contribution in [0.1, 0.15) is 11.1 Å². The maximum Gasteiger partial charge on any atom is 0.279 e. The average Bonchev–Trinajstić information content (AvgIpc) is 2.58. The van der Waals surface area contributed by atoms with Gasteiger partial charge in [0.05, 0.1) is 19.2 Å². The molecule has 2 rings (SSSR count). The lowest BCUT2D eigenvalue weighted by molar-refractivity contribution is -0.862. The van der Waals surface area contributed by atoms with Crippen molar-refractivity contribution in [3.63, 3.8) is 0 Å². The fraction of sp³-hybridized carbons (Fsp3) is 0.300. The van der Waals surface area contributed by atoms with Crippen LogP contribution < -0.4 is 20.3 Å². The molecule has 144 valence electrons. The SMILES string of the molecule is COc1ccc(NC(=O)C[NH+](C)CC(=O)Nc2cccc(C)c2C)cc1Cl. The number of anilines is 2. The molecule has 0 aliphatic carbocycles. The zero-order valence-electron chi connectivity index (χ0n) is 16.0. The van der Waals surface area contributed by atoms with Crippen LogP contribution >= 0.6 is 11.6 Å². The number of hydrogen-bond donors (Lipinski definition) is 3. The molecule has 2 aromatic carbocycles. The summed E-state index contributed by atoms with van der Waals surface area (Å²) in [7, 11) is 3.32. The number of ether oxygens (including phenoxy) is 1. The maximum absolute atomic E-state index is 12.2. The van der Waals surface area contributed by atoms with Crippen molar-refractivity contribution in [1.29, 1.82) is 0 Å². The fourth-order valence-corrected chi connectivity index (χ4v) is 2.90. The van der Waals surface area contributed by atoms with Gasteiger partial charge >= 0.3 is 0 Å². The molecule has 6 nitrogen and oxygen atoms in total. The number of halogens is 1. The number of amides is 2. The molecule has 1 atom stereocenters. The van der Waals surface area contributed by atoms with Crippen LogP contribution in [0.4, 0.5) is 11.4 Å². The molecule has 0 aromatic heterocycles. The second kappa shape index (κ2) is 9.39. The largest absolute Gasteiger partial charge is 0.495 e. The van der Waals surface area contributed by atoms with E-state index in [0.29, 0.717) is 16.5 Å². The molecule has 27 heavy (non-hydrogen) atoms. The fourth-order valence-electron chi connectivity index (χ4n) is 2.64. The quantitative estimate of drug-likeness (QED) is 0.677. The number of quaternary nitrogens is 1. The van der Waals surface area contributed by atoms with Gasteiger partial charge in [0.1, 0.15) is 5.75 Å². The van der Waals surface area contributed by atoms with Gasteiger partial charge in [-0.3, -0.25) is 9.59 Å². The van der Waals surface area contributed by atoms with Crippen LogP contribution in [0.2, 0.25) is 5.02 Å². The number of rotatable bonds is 7. The number of carbonyl (C=O) groups is 2. The summed E-state index contributed by atoms with van der Waals surface area (Å²) in [5, 5.41) is 6.10. The van der Waals surface area contributed by atoms with E-state index in [4.69, 9.17) is 16.3 Å². The topological polar surface area (TPSA) is 71.9 Å². The standard InChI is InChI=1S/C20H24ClN3O3/c1-13-6-5-7-17(14(13)2)23-20(26)12-24(3)11-19(25)22-15-8-9-18(27-4)16(21)10-15/h5-10H,11-12H2,1-4H3,(H,22,25)(H,23,26)/p+1. The smallest absolute Gasteiger partial charge is 0.279 e. The van der Waals surface area contributed by atoms with E-state index in [1.807, 2.05) is 32.0 Å². The summed E-state index contributed by atoms with van der Waals surface area (Å²) < 4.78 is 5.08. The Bertz CT molecular complexity index is 839. The van der Waals surface area contributed by atoms with Crippen LogP contribution in [-0.4, -0.2) is 39.1 Å². The van der Waals surface area contributed by atoms with Gasteiger partial charge < -0.3 is 20.3 Å². The van der Waals surface area contributed by atoms with Gasteiger partial charge in [-0.15, -0.1) is 0 Å². The lowest BCUT2D eigenvalue weighted by Gasteiger charge is -2.15. The third-order valence-electron chi connectivity index (χ3n) is 4.24. The molecule has 1 unspecified atom stereocenters. The molecule has 0 saturated carbocycles. The molecular weight excluding hydrogens is 366 g/mol. The van der Waals surface area contributed by atoms with Gasteiger partial charge in [0.2, 0.25) is 0 Å². The van der Waals surface area contributed by atoms with Crippen molar-refractivity contribution in [2.75, 3.05) is 37.9 Å². The van der Waals surface area contributed by atoms with Crippen molar-refractivity contribution in [1.82, 2.24) is 0 Å². The number of hydrogen-bond acceptors (Lipinski definition) is 3. The number of benzene rings is 2. The summed E-state index contributed by atoms with van der Waals surface area (Å²) in [6.45, 7) is 4.31. The molecule has 7 heteroatoms. The number of likely N-dealkylation sites (N-methyl/N-ethyl adjacent to an activating group) is 1. The Kier molecular flexibility index (Phi) is 7.21. The van der Waals surface area contributed by atoms with E-state index in [0.717, 1.165) is 21.7 Å². The van der Waals surface area contributed by atoms with Crippen LogP contribution in [0.3, 0.4) is 0 Å². The van der Waals surface area contributed by atoms with E-state index < -0.39 is 0 Å². The van der Waals surface area contributed by atoms with E-state index in [1.54, 1.807) is 25.2 Å². The molecular formula is C20H25ClN3O3+. The maximum atomic E-state index is 12.2. The Labute approximate surface area is 164 Å². The van der Waals surface area contributed by atoms with E-state index >= 15 is 0 Å². The molecule has 0 bridgehead atoms. The minimum atomic E-state index is -0.201. The van der Waals surface area contributed by atoms with E-state index in [-0.39, 0.29) is 24.9 Å². The first-order valence-electron chi connectivity index (χ1n) is 8.61. The van der Waals surface area contributed by atoms with Crippen molar-refractivity contribution >= 4 is 34.8 Å². The first-order valence-corrected chi connectivity index (χ1v) is 8.98. The van der Waals surface area contributed by atoms with Crippen molar-refractivity contribution in [2.24, 2.45) is 0 Å². The first kappa shape index (κ1) is 20.7. The number of aryl methyl sites for hydroxylation is 1. The minimum Gasteiger partial charge on any atom is -0.495 e. The number of nitrogens with one attached hydrogen (secondary N) is 3. The van der Waals surface area contributed by atoms with Gasteiger partial charge in [0, 0.05) is 11.4 Å². The molecule has 2 amide bonds. The number of carbonyl (C=O) groups excluding carboxylic acids is 2. The van der Waals surface area contributed by atoms with Crippen molar-refractivity contribution in [3.05, 3.63) is 52.5 Å². The summed E-state index contributed by atoms with van der Waals surface area (Å²) in [6, 6.07) is 10.8. The molecule has 0 aliphatic heterocycles. The Hall–Kier alpha value is -2.57. The Morgan fingerprint density at radius 2 is 1.74 bits per heavy atom. The highest BCUT2D eigenvalue weighted by atomic mass is 35.5. The predicted molar refractivity (Wildman–Crippen MR) is 108 cm³/mol.